The van der Waals surface area contributed by atoms with Crippen molar-refractivity contribution in [2.45, 2.75) is 39.8 Å². The van der Waals surface area contributed by atoms with Gasteiger partial charge in [-0.2, -0.15) is 0 Å². The minimum absolute atomic E-state index is 0.0718. The van der Waals surface area contributed by atoms with Crippen molar-refractivity contribution in [3.05, 3.63) is 87.3 Å². The summed E-state index contributed by atoms with van der Waals surface area (Å²) in [5.41, 5.74) is 3.76. The van der Waals surface area contributed by atoms with Gasteiger partial charge in [0.25, 0.3) is 5.91 Å². The fourth-order valence-electron chi connectivity index (χ4n) is 4.25. The molecule has 2 amide bonds. The highest BCUT2D eigenvalue weighted by atomic mass is 35.5. The van der Waals surface area contributed by atoms with Gasteiger partial charge in [-0.15, -0.1) is 0 Å². The summed E-state index contributed by atoms with van der Waals surface area (Å²) in [5, 5.41) is 6.19. The molecule has 9 heteroatoms. The number of likely N-dealkylation sites (N-methyl/N-ethyl adjacent to an activating group) is 1. The lowest BCUT2D eigenvalue weighted by Gasteiger charge is -2.38. The first-order valence-electron chi connectivity index (χ1n) is 11.6. The molecule has 2 aliphatic rings. The average molecular weight is 510 g/mol. The van der Waals surface area contributed by atoms with E-state index in [9.17, 15) is 9.59 Å². The second kappa shape index (κ2) is 11.1. The highest BCUT2D eigenvalue weighted by molar-refractivity contribution is 8.16. The van der Waals surface area contributed by atoms with Crippen LogP contribution in [0.1, 0.15) is 44.4 Å². The third kappa shape index (κ3) is 5.28. The molecule has 0 spiro atoms. The van der Waals surface area contributed by atoms with Gasteiger partial charge in [0.15, 0.2) is 5.17 Å². The molecule has 3 heterocycles. The lowest BCUT2D eigenvalue weighted by atomic mass is 9.92. The molecule has 1 aromatic heterocycles. The monoisotopic (exact) mass is 509 g/mol. The third-order valence-electron chi connectivity index (χ3n) is 6.04. The van der Waals surface area contributed by atoms with Gasteiger partial charge in [0.2, 0.25) is 5.91 Å². The van der Waals surface area contributed by atoms with Gasteiger partial charge < -0.3 is 15.1 Å². The van der Waals surface area contributed by atoms with Gasteiger partial charge >= 0.3 is 0 Å². The van der Waals surface area contributed by atoms with Crippen LogP contribution in [0.4, 0.5) is 0 Å². The van der Waals surface area contributed by atoms with Crippen LogP contribution in [0.25, 0.3) is 0 Å². The number of nitrogens with zero attached hydrogens (tertiary/aromatic N) is 4. The van der Waals surface area contributed by atoms with Crippen molar-refractivity contribution in [2.75, 3.05) is 13.1 Å². The Morgan fingerprint density at radius 1 is 1.17 bits per heavy atom. The molecule has 2 aromatic rings. The number of hydrogen-bond acceptors (Lipinski definition) is 6. The SMILES string of the molecule is CCN(CC)C(=O)C1=C(C)N=C2SC=C(CC(=O)NCc3cccnc3)N2C1c1ccccc1Cl. The largest absolute Gasteiger partial charge is 0.352 e. The van der Waals surface area contributed by atoms with E-state index in [0.29, 0.717) is 35.9 Å². The van der Waals surface area contributed by atoms with Gasteiger partial charge in [0.1, 0.15) is 0 Å². The zero-order valence-corrected chi connectivity index (χ0v) is 21.6. The number of fused-ring (bicyclic) bond motifs is 1. The number of amidine groups is 1. The summed E-state index contributed by atoms with van der Waals surface area (Å²) in [7, 11) is 0. The van der Waals surface area contributed by atoms with E-state index in [2.05, 4.69) is 10.3 Å². The summed E-state index contributed by atoms with van der Waals surface area (Å²) in [4.78, 5) is 39.2. The predicted molar refractivity (Wildman–Crippen MR) is 140 cm³/mol. The molecule has 35 heavy (non-hydrogen) atoms. The normalized spacial score (nSPS) is 17.0. The van der Waals surface area contributed by atoms with E-state index in [4.69, 9.17) is 16.6 Å². The third-order valence-corrected chi connectivity index (χ3v) is 7.27. The van der Waals surface area contributed by atoms with Crippen molar-refractivity contribution in [2.24, 2.45) is 4.99 Å². The molecule has 7 nitrogen and oxygen atoms in total. The van der Waals surface area contributed by atoms with Crippen LogP contribution >= 0.6 is 23.4 Å². The lowest BCUT2D eigenvalue weighted by molar-refractivity contribution is -0.127. The molecule has 0 fully saturated rings. The van der Waals surface area contributed by atoms with E-state index in [1.54, 1.807) is 17.3 Å². The Hall–Kier alpha value is -3.10. The summed E-state index contributed by atoms with van der Waals surface area (Å²) in [6.45, 7) is 7.36. The molecule has 1 N–H and O–H groups in total. The number of allylic oxidation sites excluding steroid dienone is 1. The summed E-state index contributed by atoms with van der Waals surface area (Å²) in [6.07, 6.45) is 3.58. The predicted octanol–water partition coefficient (Wildman–Crippen LogP) is 4.88. The lowest BCUT2D eigenvalue weighted by Crippen LogP contribution is -2.42. The maximum atomic E-state index is 13.7. The van der Waals surface area contributed by atoms with Crippen molar-refractivity contribution in [1.82, 2.24) is 20.1 Å². The van der Waals surface area contributed by atoms with Crippen molar-refractivity contribution in [3.8, 4) is 0 Å². The Morgan fingerprint density at radius 2 is 1.94 bits per heavy atom. The van der Waals surface area contributed by atoms with E-state index in [-0.39, 0.29) is 18.2 Å². The summed E-state index contributed by atoms with van der Waals surface area (Å²) in [6, 6.07) is 10.8. The molecule has 1 atom stereocenters. The van der Waals surface area contributed by atoms with Crippen LogP contribution in [0.15, 0.2) is 76.2 Å². The number of amides is 2. The molecule has 0 radical (unpaired) electrons. The Bertz CT molecular complexity index is 1210. The molecular weight excluding hydrogens is 482 g/mol. The molecule has 0 saturated heterocycles. The highest BCUT2D eigenvalue weighted by Gasteiger charge is 2.42. The van der Waals surface area contributed by atoms with Gasteiger partial charge in [-0.1, -0.05) is 47.6 Å². The van der Waals surface area contributed by atoms with E-state index in [0.717, 1.165) is 22.0 Å². The van der Waals surface area contributed by atoms with E-state index in [1.165, 1.54) is 11.8 Å². The molecule has 0 saturated carbocycles. The van der Waals surface area contributed by atoms with Crippen LogP contribution in [0, 0.1) is 0 Å². The molecule has 4 rings (SSSR count). The van der Waals surface area contributed by atoms with Gasteiger partial charge in [0.05, 0.1) is 23.7 Å². The van der Waals surface area contributed by atoms with Crippen molar-refractivity contribution in [3.63, 3.8) is 0 Å². The standard InChI is InChI=1S/C26H28ClN5O2S/c1-4-31(5-2)25(34)23-17(3)30-26-32(24(23)20-10-6-7-11-21(20)27)19(16-35-26)13-22(33)29-15-18-9-8-12-28-14-18/h6-12,14,16,24H,4-5,13,15H2,1-3H3,(H,29,33). The molecule has 0 bridgehead atoms. The fourth-order valence-corrected chi connectivity index (χ4v) is 5.45. The number of pyridine rings is 1. The highest BCUT2D eigenvalue weighted by Crippen LogP contribution is 2.46. The van der Waals surface area contributed by atoms with Gasteiger partial charge in [-0.3, -0.25) is 14.6 Å². The van der Waals surface area contributed by atoms with E-state index >= 15 is 0 Å². The number of benzene rings is 1. The van der Waals surface area contributed by atoms with Crippen LogP contribution in [-0.2, 0) is 16.1 Å². The molecule has 2 aliphatic heterocycles. The minimum Gasteiger partial charge on any atom is -0.352 e. The molecule has 182 valence electrons. The van der Waals surface area contributed by atoms with Crippen LogP contribution in [-0.4, -0.2) is 44.9 Å². The Kier molecular flexibility index (Phi) is 7.93. The Balaban J connectivity index is 1.65. The summed E-state index contributed by atoms with van der Waals surface area (Å²) < 4.78 is 0. The molecule has 1 unspecified atom stereocenters. The van der Waals surface area contributed by atoms with Gasteiger partial charge in [-0.25, -0.2) is 4.99 Å². The van der Waals surface area contributed by atoms with Crippen LogP contribution < -0.4 is 5.32 Å². The van der Waals surface area contributed by atoms with Gasteiger partial charge in [-0.05, 0) is 49.4 Å². The van der Waals surface area contributed by atoms with Gasteiger partial charge in [0, 0.05) is 42.7 Å². The maximum absolute atomic E-state index is 13.7. The van der Waals surface area contributed by atoms with Crippen LogP contribution in [0.5, 0.6) is 0 Å². The number of hydrogen-bond donors (Lipinski definition) is 1. The minimum atomic E-state index is -0.475. The van der Waals surface area contributed by atoms with E-state index in [1.807, 2.05) is 67.5 Å². The average Bonchev–Trinajstić information content (AvgIpc) is 3.25. The number of carbonyl (C=O) groups is 2. The van der Waals surface area contributed by atoms with E-state index < -0.39 is 6.04 Å². The zero-order valence-electron chi connectivity index (χ0n) is 20.0. The number of carbonyl (C=O) groups excluding carboxylic acids is 2. The number of thioether (sulfide) groups is 1. The first kappa shape index (κ1) is 25.0. The molecular formula is C26H28ClN5O2S. The molecule has 0 aliphatic carbocycles. The zero-order chi connectivity index (χ0) is 24.9. The van der Waals surface area contributed by atoms with Crippen LogP contribution in [0.3, 0.4) is 0 Å². The fraction of sp³-hybridized carbons (Fsp3) is 0.308. The van der Waals surface area contributed by atoms with Crippen LogP contribution in [0.2, 0.25) is 5.02 Å². The summed E-state index contributed by atoms with van der Waals surface area (Å²) in [5.74, 6) is -0.194. The topological polar surface area (TPSA) is 77.9 Å². The Morgan fingerprint density at radius 3 is 2.63 bits per heavy atom. The second-order valence-electron chi connectivity index (χ2n) is 8.21. The van der Waals surface area contributed by atoms with Crippen molar-refractivity contribution >= 4 is 40.3 Å². The number of halogens is 1. The van der Waals surface area contributed by atoms with Crippen molar-refractivity contribution in [1.29, 1.82) is 0 Å². The number of rotatable bonds is 8. The number of aliphatic imine (C=N–C) groups is 1. The summed E-state index contributed by atoms with van der Waals surface area (Å²) >= 11 is 8.11. The first-order valence-corrected chi connectivity index (χ1v) is 12.8. The maximum Gasteiger partial charge on any atom is 0.254 e. The second-order valence-corrected chi connectivity index (χ2v) is 9.45. The molecule has 1 aromatic carbocycles. The number of nitrogens with one attached hydrogen (secondary N) is 1. The number of aromatic nitrogens is 1. The quantitative estimate of drug-likeness (QED) is 0.548. The van der Waals surface area contributed by atoms with Crippen molar-refractivity contribution < 1.29 is 9.59 Å². The smallest absolute Gasteiger partial charge is 0.254 e. The first-order chi connectivity index (χ1) is 16.9. The Labute approximate surface area is 215 Å².